The van der Waals surface area contributed by atoms with E-state index >= 15 is 0 Å². The maximum Gasteiger partial charge on any atom is 0.258 e. The minimum Gasteiger partial charge on any atom is -0.376 e. The smallest absolute Gasteiger partial charge is 0.258 e. The third kappa shape index (κ3) is 4.85. The lowest BCUT2D eigenvalue weighted by atomic mass is 9.87. The molecule has 1 saturated heterocycles. The van der Waals surface area contributed by atoms with Gasteiger partial charge in [0.25, 0.3) is 5.56 Å². The van der Waals surface area contributed by atoms with Crippen LogP contribution in [-0.4, -0.2) is 39.1 Å². The zero-order chi connectivity index (χ0) is 25.4. The van der Waals surface area contributed by atoms with Crippen molar-refractivity contribution in [3.05, 3.63) is 87.3 Å². The largest absolute Gasteiger partial charge is 0.376 e. The number of carbonyl (C=O) groups excluding carboxylic acids is 1. The van der Waals surface area contributed by atoms with Gasteiger partial charge in [0.1, 0.15) is 5.82 Å². The lowest BCUT2D eigenvalue weighted by Gasteiger charge is -2.38. The fourth-order valence-electron chi connectivity index (χ4n) is 5.47. The third-order valence-corrected chi connectivity index (χ3v) is 7.36. The van der Waals surface area contributed by atoms with E-state index in [1.165, 1.54) is 6.07 Å². The van der Waals surface area contributed by atoms with Crippen LogP contribution in [0.1, 0.15) is 49.1 Å². The van der Waals surface area contributed by atoms with Gasteiger partial charge in [-0.2, -0.15) is 0 Å². The molecular weight excluding hydrogens is 457 g/mol. The van der Waals surface area contributed by atoms with E-state index in [-0.39, 0.29) is 28.8 Å². The second kappa shape index (κ2) is 9.62. The van der Waals surface area contributed by atoms with E-state index in [0.29, 0.717) is 55.8 Å². The van der Waals surface area contributed by atoms with E-state index in [1.54, 1.807) is 36.0 Å². The van der Waals surface area contributed by atoms with Gasteiger partial charge in [-0.05, 0) is 80.1 Å². The molecule has 7 heteroatoms. The van der Waals surface area contributed by atoms with E-state index in [0.717, 1.165) is 23.2 Å². The summed E-state index contributed by atoms with van der Waals surface area (Å²) in [6.07, 6.45) is 5.51. The Morgan fingerprint density at radius 3 is 2.81 bits per heavy atom. The summed E-state index contributed by atoms with van der Waals surface area (Å²) in [5.41, 5.74) is 4.10. The van der Waals surface area contributed by atoms with Crippen molar-refractivity contribution in [2.75, 3.05) is 13.2 Å². The summed E-state index contributed by atoms with van der Waals surface area (Å²) >= 11 is 0. The number of benzene rings is 1. The summed E-state index contributed by atoms with van der Waals surface area (Å²) in [4.78, 5) is 33.3. The average Bonchev–Trinajstić information content (AvgIpc) is 2.86. The number of ether oxygens (including phenoxy) is 1. The van der Waals surface area contributed by atoms with Gasteiger partial charge in [0.2, 0.25) is 5.91 Å². The summed E-state index contributed by atoms with van der Waals surface area (Å²) in [6.45, 7) is 7.77. The number of nitrogens with zero attached hydrogens (tertiary/aromatic N) is 3. The van der Waals surface area contributed by atoms with Gasteiger partial charge >= 0.3 is 0 Å². The maximum absolute atomic E-state index is 14.0. The van der Waals surface area contributed by atoms with Crippen LogP contribution in [0.25, 0.3) is 11.1 Å². The average molecular weight is 490 g/mol. The van der Waals surface area contributed by atoms with Gasteiger partial charge in [-0.25, -0.2) is 4.39 Å². The summed E-state index contributed by atoms with van der Waals surface area (Å²) in [5, 5.41) is 0. The van der Waals surface area contributed by atoms with Crippen molar-refractivity contribution in [1.82, 2.24) is 14.5 Å². The Morgan fingerprint density at radius 2 is 2.08 bits per heavy atom. The lowest BCUT2D eigenvalue weighted by molar-refractivity contribution is -0.146. The molecule has 1 amide bonds. The van der Waals surface area contributed by atoms with Crippen LogP contribution in [0.5, 0.6) is 0 Å². The highest BCUT2D eigenvalue weighted by atomic mass is 19.1. The van der Waals surface area contributed by atoms with Crippen LogP contribution in [0.2, 0.25) is 0 Å². The maximum atomic E-state index is 14.0. The van der Waals surface area contributed by atoms with E-state index in [1.807, 2.05) is 36.9 Å². The van der Waals surface area contributed by atoms with Crippen molar-refractivity contribution >= 4 is 5.91 Å². The first-order valence-corrected chi connectivity index (χ1v) is 12.6. The van der Waals surface area contributed by atoms with Crippen LogP contribution < -0.4 is 5.56 Å². The molecule has 0 unspecified atom stereocenters. The van der Waals surface area contributed by atoms with Crippen molar-refractivity contribution in [2.45, 2.75) is 58.7 Å². The predicted molar refractivity (Wildman–Crippen MR) is 136 cm³/mol. The monoisotopic (exact) mass is 489 g/mol. The number of pyridine rings is 2. The number of fused-ring (bicyclic) bond motifs is 1. The van der Waals surface area contributed by atoms with Crippen LogP contribution in [0.15, 0.2) is 53.6 Å². The van der Waals surface area contributed by atoms with Crippen molar-refractivity contribution < 1.29 is 13.9 Å². The summed E-state index contributed by atoms with van der Waals surface area (Å²) in [6, 6.07) is 10.5. The zero-order valence-corrected chi connectivity index (χ0v) is 21.1. The third-order valence-electron chi connectivity index (χ3n) is 7.36. The second-order valence-electron chi connectivity index (χ2n) is 10.6. The van der Waals surface area contributed by atoms with Crippen molar-refractivity contribution in [1.29, 1.82) is 0 Å². The molecular formula is C29H32FN3O3. The molecule has 0 aliphatic carbocycles. The highest BCUT2D eigenvalue weighted by molar-refractivity contribution is 5.79. The van der Waals surface area contributed by atoms with Gasteiger partial charge < -0.3 is 14.2 Å². The quantitative estimate of drug-likeness (QED) is 0.542. The van der Waals surface area contributed by atoms with Gasteiger partial charge in [0.05, 0.1) is 12.1 Å². The Balaban J connectivity index is 1.54. The molecule has 5 rings (SSSR count). The zero-order valence-electron chi connectivity index (χ0n) is 21.1. The van der Waals surface area contributed by atoms with Crippen molar-refractivity contribution in [3.63, 3.8) is 0 Å². The van der Waals surface area contributed by atoms with E-state index in [2.05, 4.69) is 4.98 Å². The molecule has 6 nitrogen and oxygen atoms in total. The Morgan fingerprint density at radius 1 is 1.25 bits per heavy atom. The van der Waals surface area contributed by atoms with Crippen LogP contribution in [0.3, 0.4) is 0 Å². The van der Waals surface area contributed by atoms with Gasteiger partial charge in [-0.1, -0.05) is 12.1 Å². The first-order valence-electron chi connectivity index (χ1n) is 12.6. The Labute approximate surface area is 210 Å². The standard InChI is InChI=1S/C29H32FN3O3/c1-19-13-21(6-7-25(19)30)24-14-23-18-32(27(34)22-9-12-36-29(2,3)15-22)11-8-26(23)33(28(24)35)17-20-5-4-10-31-16-20/h4-7,10,13-14,16,22H,8-9,11-12,15,17-18H2,1-3H3/t22-/m0/s1. The molecule has 0 spiro atoms. The molecule has 0 bridgehead atoms. The molecule has 4 heterocycles. The van der Waals surface area contributed by atoms with Gasteiger partial charge in [-0.15, -0.1) is 0 Å². The highest BCUT2D eigenvalue weighted by Crippen LogP contribution is 2.32. The number of aryl methyl sites for hydroxylation is 1. The van der Waals surface area contributed by atoms with Gasteiger partial charge in [0, 0.05) is 55.7 Å². The SMILES string of the molecule is Cc1cc(-c2cc3c(n(Cc4cccnc4)c2=O)CCN(C(=O)[C@H]2CCOC(C)(C)C2)C3)ccc1F. The minimum absolute atomic E-state index is 0.0594. The lowest BCUT2D eigenvalue weighted by Crippen LogP contribution is -2.46. The van der Waals surface area contributed by atoms with Crippen LogP contribution >= 0.6 is 0 Å². The van der Waals surface area contributed by atoms with E-state index < -0.39 is 0 Å². The Kier molecular flexibility index (Phi) is 6.51. The Hall–Kier alpha value is -3.32. The second-order valence-corrected chi connectivity index (χ2v) is 10.6. The number of hydrogen-bond acceptors (Lipinski definition) is 4. The molecule has 0 saturated carbocycles. The summed E-state index contributed by atoms with van der Waals surface area (Å²) < 4.78 is 21.6. The predicted octanol–water partition coefficient (Wildman–Crippen LogP) is 4.50. The molecule has 0 N–H and O–H groups in total. The Bertz CT molecular complexity index is 1350. The number of amides is 1. The number of halogens is 1. The van der Waals surface area contributed by atoms with E-state index in [4.69, 9.17) is 4.74 Å². The molecule has 188 valence electrons. The van der Waals surface area contributed by atoms with E-state index in [9.17, 15) is 14.0 Å². The van der Waals surface area contributed by atoms with Crippen LogP contribution in [0.4, 0.5) is 4.39 Å². The summed E-state index contributed by atoms with van der Waals surface area (Å²) in [7, 11) is 0. The molecule has 1 atom stereocenters. The van der Waals surface area contributed by atoms with Crippen LogP contribution in [0, 0.1) is 18.7 Å². The molecule has 2 aliphatic heterocycles. The molecule has 0 radical (unpaired) electrons. The molecule has 2 aliphatic rings. The highest BCUT2D eigenvalue weighted by Gasteiger charge is 2.36. The van der Waals surface area contributed by atoms with Crippen molar-refractivity contribution in [2.24, 2.45) is 5.92 Å². The molecule has 1 aromatic carbocycles. The minimum atomic E-state index is -0.302. The molecule has 1 fully saturated rings. The van der Waals surface area contributed by atoms with Crippen LogP contribution in [-0.2, 0) is 29.0 Å². The summed E-state index contributed by atoms with van der Waals surface area (Å²) in [5.74, 6) is -0.208. The first-order chi connectivity index (χ1) is 17.2. The number of aromatic nitrogens is 2. The fraction of sp³-hybridized carbons (Fsp3) is 0.414. The topological polar surface area (TPSA) is 64.4 Å². The molecule has 36 heavy (non-hydrogen) atoms. The molecule has 3 aromatic rings. The molecule has 2 aromatic heterocycles. The van der Waals surface area contributed by atoms with Gasteiger partial charge in [-0.3, -0.25) is 14.6 Å². The normalized spacial score (nSPS) is 19.1. The fourth-order valence-corrected chi connectivity index (χ4v) is 5.47. The van der Waals surface area contributed by atoms with Crippen molar-refractivity contribution in [3.8, 4) is 11.1 Å². The van der Waals surface area contributed by atoms with Gasteiger partial charge in [0.15, 0.2) is 0 Å². The number of hydrogen-bond donors (Lipinski definition) is 0. The first kappa shape index (κ1) is 24.4. The number of rotatable bonds is 4. The number of carbonyl (C=O) groups is 1.